The first-order valence-corrected chi connectivity index (χ1v) is 6.73. The van der Waals surface area contributed by atoms with E-state index in [0.29, 0.717) is 0 Å². The second kappa shape index (κ2) is 5.62. The molecule has 5 heteroatoms. The van der Waals surface area contributed by atoms with E-state index in [2.05, 4.69) is 5.32 Å². The van der Waals surface area contributed by atoms with Gasteiger partial charge in [0.1, 0.15) is 0 Å². The van der Waals surface area contributed by atoms with Gasteiger partial charge in [-0.2, -0.15) is 0 Å². The Morgan fingerprint density at radius 2 is 2.47 bits per heavy atom. The van der Waals surface area contributed by atoms with E-state index in [1.165, 1.54) is 4.88 Å². The smallest absolute Gasteiger partial charge is 0.227 e. The minimum Gasteiger partial charge on any atom is -0.394 e. The number of rotatable bonds is 4. The SMILES string of the molecule is O=C(NCC(O)CO)C1CCCc2sccc21. The fourth-order valence-corrected chi connectivity index (χ4v) is 3.15. The van der Waals surface area contributed by atoms with Gasteiger partial charge in [0.05, 0.1) is 18.6 Å². The Balaban J connectivity index is 1.97. The number of aliphatic hydroxyl groups is 2. The van der Waals surface area contributed by atoms with Gasteiger partial charge in [0.15, 0.2) is 0 Å². The van der Waals surface area contributed by atoms with Gasteiger partial charge in [0.2, 0.25) is 5.91 Å². The molecule has 2 rings (SSSR count). The maximum atomic E-state index is 12.0. The molecule has 0 spiro atoms. The quantitative estimate of drug-likeness (QED) is 0.739. The number of aliphatic hydroxyl groups excluding tert-OH is 2. The molecule has 0 fully saturated rings. The molecule has 0 saturated carbocycles. The molecule has 0 radical (unpaired) electrons. The van der Waals surface area contributed by atoms with Crippen molar-refractivity contribution in [3.63, 3.8) is 0 Å². The molecule has 94 valence electrons. The second-order valence-electron chi connectivity index (χ2n) is 4.33. The highest BCUT2D eigenvalue weighted by atomic mass is 32.1. The molecule has 2 unspecified atom stereocenters. The lowest BCUT2D eigenvalue weighted by molar-refractivity contribution is -0.123. The van der Waals surface area contributed by atoms with Crippen molar-refractivity contribution < 1.29 is 15.0 Å². The average molecular weight is 255 g/mol. The minimum atomic E-state index is -0.871. The highest BCUT2D eigenvalue weighted by Gasteiger charge is 2.27. The van der Waals surface area contributed by atoms with Crippen molar-refractivity contribution in [2.24, 2.45) is 0 Å². The molecule has 1 heterocycles. The molecule has 1 aliphatic rings. The van der Waals surface area contributed by atoms with E-state index in [4.69, 9.17) is 5.11 Å². The topological polar surface area (TPSA) is 69.6 Å². The summed E-state index contributed by atoms with van der Waals surface area (Å²) in [7, 11) is 0. The van der Waals surface area contributed by atoms with Crippen molar-refractivity contribution >= 4 is 17.2 Å². The summed E-state index contributed by atoms with van der Waals surface area (Å²) in [5, 5.41) is 22.6. The van der Waals surface area contributed by atoms with Crippen LogP contribution in [0, 0.1) is 0 Å². The minimum absolute atomic E-state index is 0.0446. The fourth-order valence-electron chi connectivity index (χ4n) is 2.16. The number of fused-ring (bicyclic) bond motifs is 1. The first kappa shape index (κ1) is 12.5. The Morgan fingerprint density at radius 3 is 3.24 bits per heavy atom. The number of nitrogens with one attached hydrogen (secondary N) is 1. The van der Waals surface area contributed by atoms with Crippen LogP contribution in [0.25, 0.3) is 0 Å². The van der Waals surface area contributed by atoms with E-state index >= 15 is 0 Å². The summed E-state index contributed by atoms with van der Waals surface area (Å²) in [6, 6.07) is 2.02. The van der Waals surface area contributed by atoms with Crippen molar-refractivity contribution in [1.82, 2.24) is 5.32 Å². The molecular weight excluding hydrogens is 238 g/mol. The van der Waals surface area contributed by atoms with Gasteiger partial charge in [0, 0.05) is 11.4 Å². The molecular formula is C12H17NO3S. The van der Waals surface area contributed by atoms with Crippen LogP contribution in [-0.2, 0) is 11.2 Å². The molecule has 2 atom stereocenters. The Hall–Kier alpha value is -0.910. The summed E-state index contributed by atoms with van der Waals surface area (Å²) in [6.07, 6.45) is 2.10. The van der Waals surface area contributed by atoms with Gasteiger partial charge in [-0.3, -0.25) is 4.79 Å². The third-order valence-corrected chi connectivity index (χ3v) is 4.09. The maximum absolute atomic E-state index is 12.0. The molecule has 0 aliphatic heterocycles. The standard InChI is InChI=1S/C12H17NO3S/c14-7-8(15)6-13-12(16)10-2-1-3-11-9(10)4-5-17-11/h4-5,8,10,14-15H,1-3,6-7H2,(H,13,16). The highest BCUT2D eigenvalue weighted by Crippen LogP contribution is 2.34. The predicted molar refractivity (Wildman–Crippen MR) is 66.1 cm³/mol. The van der Waals surface area contributed by atoms with Crippen LogP contribution in [0.2, 0.25) is 0 Å². The number of amides is 1. The zero-order chi connectivity index (χ0) is 12.3. The molecule has 0 aromatic carbocycles. The largest absolute Gasteiger partial charge is 0.394 e. The number of carbonyl (C=O) groups excluding carboxylic acids is 1. The van der Waals surface area contributed by atoms with Crippen molar-refractivity contribution in [2.75, 3.05) is 13.2 Å². The van der Waals surface area contributed by atoms with Crippen LogP contribution in [-0.4, -0.2) is 35.4 Å². The summed E-state index contributed by atoms with van der Waals surface area (Å²) < 4.78 is 0. The zero-order valence-corrected chi connectivity index (χ0v) is 10.4. The molecule has 1 aromatic heterocycles. The monoisotopic (exact) mass is 255 g/mol. The van der Waals surface area contributed by atoms with Gasteiger partial charge in [-0.05, 0) is 36.3 Å². The maximum Gasteiger partial charge on any atom is 0.227 e. The van der Waals surface area contributed by atoms with Crippen LogP contribution in [0.3, 0.4) is 0 Å². The lowest BCUT2D eigenvalue weighted by Gasteiger charge is -2.22. The van der Waals surface area contributed by atoms with Gasteiger partial charge >= 0.3 is 0 Å². The first-order chi connectivity index (χ1) is 8.22. The van der Waals surface area contributed by atoms with E-state index in [-0.39, 0.29) is 25.0 Å². The molecule has 4 nitrogen and oxygen atoms in total. The van der Waals surface area contributed by atoms with Crippen LogP contribution >= 0.6 is 11.3 Å². The summed E-state index contributed by atoms with van der Waals surface area (Å²) in [5.41, 5.74) is 1.14. The third kappa shape index (κ3) is 2.86. The lowest BCUT2D eigenvalue weighted by atomic mass is 9.87. The Bertz CT molecular complexity index is 391. The zero-order valence-electron chi connectivity index (χ0n) is 9.56. The van der Waals surface area contributed by atoms with Gasteiger partial charge in [0.25, 0.3) is 0 Å². The van der Waals surface area contributed by atoms with Crippen LogP contribution in [0.4, 0.5) is 0 Å². The summed E-state index contributed by atoms with van der Waals surface area (Å²) >= 11 is 1.71. The van der Waals surface area contributed by atoms with Gasteiger partial charge < -0.3 is 15.5 Å². The molecule has 1 amide bonds. The highest BCUT2D eigenvalue weighted by molar-refractivity contribution is 7.10. The Kier molecular flexibility index (Phi) is 4.15. The molecule has 3 N–H and O–H groups in total. The summed E-state index contributed by atoms with van der Waals surface area (Å²) in [5.74, 6) is -0.132. The molecule has 1 aliphatic carbocycles. The van der Waals surface area contributed by atoms with Crippen LogP contribution < -0.4 is 5.32 Å². The van der Waals surface area contributed by atoms with Crippen LogP contribution in [0.1, 0.15) is 29.2 Å². The van der Waals surface area contributed by atoms with E-state index in [1.54, 1.807) is 11.3 Å². The van der Waals surface area contributed by atoms with E-state index in [0.717, 1.165) is 24.8 Å². The number of carbonyl (C=O) groups is 1. The molecule has 17 heavy (non-hydrogen) atoms. The third-order valence-electron chi connectivity index (χ3n) is 3.09. The molecule has 0 saturated heterocycles. The summed E-state index contributed by atoms with van der Waals surface area (Å²) in [6.45, 7) is -0.208. The molecule has 0 bridgehead atoms. The average Bonchev–Trinajstić information content (AvgIpc) is 2.83. The Morgan fingerprint density at radius 1 is 1.65 bits per heavy atom. The first-order valence-electron chi connectivity index (χ1n) is 5.85. The molecule has 1 aromatic rings. The van der Waals surface area contributed by atoms with Crippen molar-refractivity contribution in [2.45, 2.75) is 31.3 Å². The lowest BCUT2D eigenvalue weighted by Crippen LogP contribution is -2.37. The van der Waals surface area contributed by atoms with E-state index < -0.39 is 6.10 Å². The summed E-state index contributed by atoms with van der Waals surface area (Å²) in [4.78, 5) is 13.3. The van der Waals surface area contributed by atoms with Crippen molar-refractivity contribution in [3.05, 3.63) is 21.9 Å². The van der Waals surface area contributed by atoms with Crippen LogP contribution in [0.15, 0.2) is 11.4 Å². The van der Waals surface area contributed by atoms with Gasteiger partial charge in [-0.15, -0.1) is 11.3 Å². The number of aryl methyl sites for hydroxylation is 1. The van der Waals surface area contributed by atoms with E-state index in [9.17, 15) is 9.90 Å². The van der Waals surface area contributed by atoms with E-state index in [1.807, 2.05) is 11.4 Å². The normalized spacial score (nSPS) is 20.7. The number of hydrogen-bond donors (Lipinski definition) is 3. The van der Waals surface area contributed by atoms with Gasteiger partial charge in [-0.25, -0.2) is 0 Å². The van der Waals surface area contributed by atoms with Crippen LogP contribution in [0.5, 0.6) is 0 Å². The number of hydrogen-bond acceptors (Lipinski definition) is 4. The second-order valence-corrected chi connectivity index (χ2v) is 5.33. The Labute approximate surface area is 104 Å². The van der Waals surface area contributed by atoms with Crippen molar-refractivity contribution in [3.8, 4) is 0 Å². The van der Waals surface area contributed by atoms with Gasteiger partial charge in [-0.1, -0.05) is 0 Å². The van der Waals surface area contributed by atoms with Crippen molar-refractivity contribution in [1.29, 1.82) is 0 Å². The fraction of sp³-hybridized carbons (Fsp3) is 0.583. The number of thiophene rings is 1. The predicted octanol–water partition coefficient (Wildman–Crippen LogP) is 0.637.